The number of amides is 1. The molecular weight excluding hydrogens is 246 g/mol. The molecule has 0 saturated carbocycles. The molecule has 1 unspecified atom stereocenters. The molecule has 3 aliphatic heterocycles. The molecule has 0 bridgehead atoms. The third-order valence-corrected chi connectivity index (χ3v) is 5.32. The number of hydrogen-bond donors (Lipinski definition) is 1. The van der Waals surface area contributed by atoms with Crippen molar-refractivity contribution in [1.82, 2.24) is 15.1 Å². The van der Waals surface area contributed by atoms with Crippen molar-refractivity contribution in [3.63, 3.8) is 0 Å². The van der Waals surface area contributed by atoms with E-state index in [9.17, 15) is 4.79 Å². The fourth-order valence-corrected chi connectivity index (χ4v) is 4.27. The fourth-order valence-electron chi connectivity index (χ4n) is 3.33. The number of nitrogens with one attached hydrogen (secondary N) is 1. The van der Waals surface area contributed by atoms with Crippen molar-refractivity contribution < 1.29 is 4.79 Å². The monoisotopic (exact) mass is 269 g/mol. The summed E-state index contributed by atoms with van der Waals surface area (Å²) in [6, 6.07) is 0.701. The molecule has 18 heavy (non-hydrogen) atoms. The molecule has 5 heteroatoms. The highest BCUT2D eigenvalue weighted by Gasteiger charge is 2.33. The first kappa shape index (κ1) is 12.8. The Morgan fingerprint density at radius 3 is 2.72 bits per heavy atom. The van der Waals surface area contributed by atoms with Crippen molar-refractivity contribution in [3.8, 4) is 0 Å². The van der Waals surface area contributed by atoms with E-state index in [2.05, 4.69) is 15.1 Å². The lowest BCUT2D eigenvalue weighted by atomic mass is 10.0. The molecule has 0 aromatic carbocycles. The van der Waals surface area contributed by atoms with Gasteiger partial charge < -0.3 is 4.90 Å². The second-order valence-electron chi connectivity index (χ2n) is 5.60. The zero-order chi connectivity index (χ0) is 12.4. The summed E-state index contributed by atoms with van der Waals surface area (Å²) in [4.78, 5) is 17.1. The number of hydrogen-bond acceptors (Lipinski definition) is 4. The minimum atomic E-state index is 0.0762. The number of piperidine rings is 1. The maximum atomic E-state index is 12.4. The zero-order valence-corrected chi connectivity index (χ0v) is 11.8. The second kappa shape index (κ2) is 5.80. The van der Waals surface area contributed by atoms with Gasteiger partial charge in [-0.3, -0.25) is 15.0 Å². The molecule has 3 fully saturated rings. The second-order valence-corrected chi connectivity index (χ2v) is 6.63. The number of rotatable bonds is 2. The summed E-state index contributed by atoms with van der Waals surface area (Å²) in [5.41, 5.74) is 0. The Morgan fingerprint density at radius 1 is 1.17 bits per heavy atom. The molecule has 0 spiro atoms. The normalized spacial score (nSPS) is 34.1. The van der Waals surface area contributed by atoms with Crippen molar-refractivity contribution >= 4 is 17.7 Å². The molecule has 0 aromatic heterocycles. The summed E-state index contributed by atoms with van der Waals surface area (Å²) in [6.45, 7) is 4.40. The third-order valence-electron chi connectivity index (χ3n) is 4.38. The van der Waals surface area contributed by atoms with E-state index >= 15 is 0 Å². The first-order chi connectivity index (χ1) is 8.84. The fraction of sp³-hybridized carbons (Fsp3) is 0.923. The van der Waals surface area contributed by atoms with Gasteiger partial charge in [-0.25, -0.2) is 0 Å². The third kappa shape index (κ3) is 2.68. The predicted octanol–water partition coefficient (Wildman–Crippen LogP) is 0.736. The molecular formula is C13H23N3OS. The van der Waals surface area contributed by atoms with Crippen molar-refractivity contribution in [2.24, 2.45) is 0 Å². The first-order valence-electron chi connectivity index (χ1n) is 7.18. The van der Waals surface area contributed by atoms with E-state index in [1.54, 1.807) is 0 Å². The van der Waals surface area contributed by atoms with Gasteiger partial charge in [-0.2, -0.15) is 0 Å². The van der Waals surface area contributed by atoms with Crippen LogP contribution in [0.1, 0.15) is 25.7 Å². The number of carbonyl (C=O) groups excluding carboxylic acids is 1. The Labute approximate surface area is 113 Å². The molecule has 4 nitrogen and oxygen atoms in total. The van der Waals surface area contributed by atoms with Gasteiger partial charge in [-0.05, 0) is 38.8 Å². The molecule has 3 saturated heterocycles. The van der Waals surface area contributed by atoms with Crippen molar-refractivity contribution in [1.29, 1.82) is 0 Å². The Balaban J connectivity index is 1.57. The van der Waals surface area contributed by atoms with Gasteiger partial charge in [-0.1, -0.05) is 0 Å². The van der Waals surface area contributed by atoms with Gasteiger partial charge in [0.05, 0.1) is 6.04 Å². The molecule has 3 rings (SSSR count). The van der Waals surface area contributed by atoms with E-state index < -0.39 is 0 Å². The summed E-state index contributed by atoms with van der Waals surface area (Å²) in [5.74, 6) is 2.22. The Bertz CT molecular complexity index is 301. The van der Waals surface area contributed by atoms with Crippen LogP contribution >= 0.6 is 11.8 Å². The zero-order valence-electron chi connectivity index (χ0n) is 10.9. The molecule has 0 radical (unpaired) electrons. The number of carbonyl (C=O) groups is 1. The van der Waals surface area contributed by atoms with E-state index in [-0.39, 0.29) is 6.04 Å². The van der Waals surface area contributed by atoms with E-state index in [0.29, 0.717) is 11.9 Å². The Hall–Kier alpha value is -0.260. The van der Waals surface area contributed by atoms with Crippen molar-refractivity contribution in [3.05, 3.63) is 0 Å². The minimum absolute atomic E-state index is 0.0762. The van der Waals surface area contributed by atoms with Crippen LogP contribution in [0.3, 0.4) is 0 Å². The molecule has 2 atom stereocenters. The van der Waals surface area contributed by atoms with E-state index in [0.717, 1.165) is 24.7 Å². The van der Waals surface area contributed by atoms with E-state index in [4.69, 9.17) is 0 Å². The minimum Gasteiger partial charge on any atom is -0.340 e. The standard InChI is InChI=1S/C13H23N3OS/c17-13(12-9-18-10-14-12)16-7-3-4-11(8-16)15-5-1-2-6-15/h11-12,14H,1-10H2/t11?,12-/m1/s1. The summed E-state index contributed by atoms with van der Waals surface area (Å²) in [6.07, 6.45) is 5.12. The van der Waals surface area contributed by atoms with Crippen LogP contribution in [0.2, 0.25) is 0 Å². The van der Waals surface area contributed by atoms with Gasteiger partial charge in [-0.15, -0.1) is 11.8 Å². The van der Waals surface area contributed by atoms with Crippen LogP contribution in [0.4, 0.5) is 0 Å². The van der Waals surface area contributed by atoms with Crippen LogP contribution in [-0.2, 0) is 4.79 Å². The first-order valence-corrected chi connectivity index (χ1v) is 8.34. The largest absolute Gasteiger partial charge is 0.340 e. The highest BCUT2D eigenvalue weighted by Crippen LogP contribution is 2.22. The summed E-state index contributed by atoms with van der Waals surface area (Å²) >= 11 is 1.83. The van der Waals surface area contributed by atoms with Crippen LogP contribution in [0.5, 0.6) is 0 Å². The molecule has 1 amide bonds. The number of thioether (sulfide) groups is 1. The lowest BCUT2D eigenvalue weighted by Crippen LogP contribution is -2.53. The van der Waals surface area contributed by atoms with Gasteiger partial charge in [0, 0.05) is 30.8 Å². The van der Waals surface area contributed by atoms with Gasteiger partial charge in [0.2, 0.25) is 5.91 Å². The quantitative estimate of drug-likeness (QED) is 0.802. The maximum absolute atomic E-state index is 12.4. The Morgan fingerprint density at radius 2 is 2.00 bits per heavy atom. The van der Waals surface area contributed by atoms with Crippen LogP contribution in [0, 0.1) is 0 Å². The average molecular weight is 269 g/mol. The topological polar surface area (TPSA) is 35.6 Å². The van der Waals surface area contributed by atoms with Crippen molar-refractivity contribution in [2.75, 3.05) is 37.8 Å². The summed E-state index contributed by atoms with van der Waals surface area (Å²) < 4.78 is 0. The molecule has 3 aliphatic rings. The number of likely N-dealkylation sites (tertiary alicyclic amines) is 2. The average Bonchev–Trinajstić information content (AvgIpc) is 3.11. The molecule has 0 aromatic rings. The van der Waals surface area contributed by atoms with Gasteiger partial charge in [0.25, 0.3) is 0 Å². The molecule has 3 heterocycles. The van der Waals surface area contributed by atoms with Crippen LogP contribution in [0.25, 0.3) is 0 Å². The van der Waals surface area contributed by atoms with Crippen molar-refractivity contribution in [2.45, 2.75) is 37.8 Å². The SMILES string of the molecule is O=C([C@H]1CSCN1)N1CCCC(N2CCCC2)C1. The van der Waals surface area contributed by atoms with Gasteiger partial charge in [0.1, 0.15) is 0 Å². The van der Waals surface area contributed by atoms with Crippen LogP contribution in [-0.4, -0.2) is 65.6 Å². The molecule has 1 N–H and O–H groups in total. The predicted molar refractivity (Wildman–Crippen MR) is 74.7 cm³/mol. The molecule has 0 aliphatic carbocycles. The van der Waals surface area contributed by atoms with E-state index in [1.807, 2.05) is 11.8 Å². The van der Waals surface area contributed by atoms with E-state index in [1.165, 1.54) is 38.8 Å². The van der Waals surface area contributed by atoms with Crippen LogP contribution in [0.15, 0.2) is 0 Å². The smallest absolute Gasteiger partial charge is 0.240 e. The maximum Gasteiger partial charge on any atom is 0.240 e. The lowest BCUT2D eigenvalue weighted by molar-refractivity contribution is -0.134. The highest BCUT2D eigenvalue weighted by molar-refractivity contribution is 7.99. The summed E-state index contributed by atoms with van der Waals surface area (Å²) in [7, 11) is 0. The van der Waals surface area contributed by atoms with Gasteiger partial charge in [0.15, 0.2) is 0 Å². The number of nitrogens with zero attached hydrogens (tertiary/aromatic N) is 2. The Kier molecular flexibility index (Phi) is 4.11. The van der Waals surface area contributed by atoms with Crippen LogP contribution < -0.4 is 5.32 Å². The summed E-state index contributed by atoms with van der Waals surface area (Å²) in [5, 5.41) is 3.30. The molecule has 102 valence electrons. The highest BCUT2D eigenvalue weighted by atomic mass is 32.2. The van der Waals surface area contributed by atoms with Gasteiger partial charge >= 0.3 is 0 Å². The lowest BCUT2D eigenvalue weighted by Gasteiger charge is -2.38.